The van der Waals surface area contributed by atoms with E-state index in [1.807, 2.05) is 0 Å². The van der Waals surface area contributed by atoms with Gasteiger partial charge in [-0.15, -0.1) is 0 Å². The quantitative estimate of drug-likeness (QED) is 0.0364. The summed E-state index contributed by atoms with van der Waals surface area (Å²) >= 11 is 0. The van der Waals surface area contributed by atoms with E-state index in [9.17, 15) is 21.4 Å². The Balaban J connectivity index is 0. The summed E-state index contributed by atoms with van der Waals surface area (Å²) in [7, 11) is -8.56. The van der Waals surface area contributed by atoms with Gasteiger partial charge in [-0.3, -0.25) is 0 Å². The van der Waals surface area contributed by atoms with Crippen molar-refractivity contribution in [1.82, 2.24) is 0 Å². The van der Waals surface area contributed by atoms with Crippen LogP contribution in [0.5, 0.6) is 0 Å². The summed E-state index contributed by atoms with van der Waals surface area (Å²) in [5.74, 6) is 0. The third-order valence-corrected chi connectivity index (χ3v) is 37.8. The standard InChI is InChI=1S/C38H84O4P2S.C19H43O4PS/c1-9-15-21-27-33-43(7,34-28-22-16-10-2,35-29-23-17-11-3)41-45(39,40)42-44(8,36-30-24-18-12-4,37-31-25-19-13-5)38-32-26-20-14-6;1-5-8-11-14-17-24(4,23-25(20,21)22,18-15-12-9-6-2)19-16-13-10-7-3/h9-38H2,1-8H3;5-19H2,1-4H3,(H,20,21,22). The van der Waals surface area contributed by atoms with E-state index >= 15 is 0 Å². The van der Waals surface area contributed by atoms with Crippen molar-refractivity contribution >= 4 is 41.3 Å². The number of hydrogen-bond donors (Lipinski definition) is 1. The van der Waals surface area contributed by atoms with Crippen LogP contribution < -0.4 is 0 Å². The summed E-state index contributed by atoms with van der Waals surface area (Å²) in [6.07, 6.45) is 49.1. The van der Waals surface area contributed by atoms with Crippen LogP contribution in [-0.4, -0.2) is 96.8 Å². The molecular weight excluding hydrogens is 970 g/mol. The second kappa shape index (κ2) is 40.3. The zero-order chi connectivity index (χ0) is 53.3. The van der Waals surface area contributed by atoms with Gasteiger partial charge in [0.2, 0.25) is 0 Å². The molecule has 0 aliphatic rings. The molecule has 0 heterocycles. The second-order valence-electron chi connectivity index (χ2n) is 23.7. The molecule has 8 nitrogen and oxygen atoms in total. The van der Waals surface area contributed by atoms with Gasteiger partial charge < -0.3 is 0 Å². The van der Waals surface area contributed by atoms with Crippen LogP contribution in [-0.2, 0) is 32.7 Å². The fraction of sp³-hybridized carbons (Fsp3) is 1.00. The van der Waals surface area contributed by atoms with Crippen LogP contribution in [0.4, 0.5) is 0 Å². The van der Waals surface area contributed by atoms with Crippen LogP contribution in [0.2, 0.25) is 0 Å². The Hall–Kier alpha value is 1.03. The normalized spacial score (nSPS) is 14.6. The molecule has 0 saturated heterocycles. The van der Waals surface area contributed by atoms with Crippen LogP contribution in [0.15, 0.2) is 0 Å². The zero-order valence-electron chi connectivity index (χ0n) is 49.3. The molecule has 0 spiro atoms. The Morgan fingerprint density at radius 3 is 0.529 bits per heavy atom. The molecule has 0 aromatic carbocycles. The van der Waals surface area contributed by atoms with Gasteiger partial charge in [-0.05, 0) is 0 Å². The fourth-order valence-corrected chi connectivity index (χ4v) is 33.1. The van der Waals surface area contributed by atoms with Gasteiger partial charge in [0.05, 0.1) is 0 Å². The molecule has 0 amide bonds. The van der Waals surface area contributed by atoms with E-state index in [1.165, 1.54) is 96.3 Å². The molecule has 0 aromatic heterocycles. The summed E-state index contributed by atoms with van der Waals surface area (Å²) in [6.45, 7) is 17.7. The maximum atomic E-state index is 14.6. The van der Waals surface area contributed by atoms with E-state index < -0.39 is 41.3 Å². The molecule has 13 heteroatoms. The van der Waals surface area contributed by atoms with Gasteiger partial charge in [0.1, 0.15) is 0 Å². The van der Waals surface area contributed by atoms with Crippen molar-refractivity contribution in [3.8, 4) is 0 Å². The molecule has 0 aliphatic carbocycles. The summed E-state index contributed by atoms with van der Waals surface area (Å²) < 4.78 is 81.5. The van der Waals surface area contributed by atoms with Gasteiger partial charge in [-0.2, -0.15) is 0 Å². The van der Waals surface area contributed by atoms with Gasteiger partial charge in [0.15, 0.2) is 0 Å². The molecule has 0 atom stereocenters. The Kier molecular flexibility index (Phi) is 42.1. The Bertz CT molecular complexity index is 1300. The third kappa shape index (κ3) is 36.1. The SMILES string of the molecule is CCCCCCP(C)(CCCCCC)(CCCCCC)OS(=O)(=O)O.CCCCCCP(C)(CCCCCC)(CCCCCC)OS(=O)(=O)OP(C)(CCCCCC)(CCCCCC)CCCCCC. The minimum atomic E-state index is -4.41. The first-order chi connectivity index (χ1) is 33.1. The molecule has 70 heavy (non-hydrogen) atoms. The van der Waals surface area contributed by atoms with Crippen LogP contribution in [0, 0.1) is 0 Å². The minimum absolute atomic E-state index is 0.823. The monoisotopic (exact) mass is 1100 g/mol. The molecule has 0 rings (SSSR count). The molecular formula is C57H127O8P3S2. The van der Waals surface area contributed by atoms with Crippen molar-refractivity contribution in [3.05, 3.63) is 0 Å². The van der Waals surface area contributed by atoms with Crippen molar-refractivity contribution < 1.29 is 33.3 Å². The fourth-order valence-electron chi connectivity index (χ4n) is 11.1. The van der Waals surface area contributed by atoms with E-state index in [0.29, 0.717) is 0 Å². The summed E-state index contributed by atoms with van der Waals surface area (Å²) in [5.41, 5.74) is 0. The van der Waals surface area contributed by atoms with Gasteiger partial charge in [-0.25, -0.2) is 0 Å². The van der Waals surface area contributed by atoms with E-state index in [1.54, 1.807) is 0 Å². The molecule has 0 aliphatic heterocycles. The Morgan fingerprint density at radius 1 is 0.257 bits per heavy atom. The van der Waals surface area contributed by atoms with Crippen molar-refractivity contribution in [2.75, 3.05) is 75.5 Å². The average molecular weight is 1100 g/mol. The summed E-state index contributed by atoms with van der Waals surface area (Å²) in [5, 5.41) is 0. The van der Waals surface area contributed by atoms with Gasteiger partial charge in [-0.1, -0.05) is 0 Å². The van der Waals surface area contributed by atoms with Crippen molar-refractivity contribution in [2.45, 2.75) is 293 Å². The van der Waals surface area contributed by atoms with E-state index in [2.05, 4.69) is 82.3 Å². The van der Waals surface area contributed by atoms with Crippen LogP contribution in [0.1, 0.15) is 293 Å². The number of rotatable bonds is 51. The van der Waals surface area contributed by atoms with Crippen LogP contribution in [0.25, 0.3) is 0 Å². The molecule has 1 N–H and O–H groups in total. The second-order valence-corrected chi connectivity index (χ2v) is 44.3. The molecule has 0 radical (unpaired) electrons. The van der Waals surface area contributed by atoms with Crippen LogP contribution in [0.3, 0.4) is 0 Å². The van der Waals surface area contributed by atoms with Gasteiger partial charge >= 0.3 is 444 Å². The molecule has 0 saturated carbocycles. The van der Waals surface area contributed by atoms with E-state index in [0.717, 1.165) is 190 Å². The topological polar surface area (TPSA) is 116 Å². The first kappa shape index (κ1) is 73.1. The number of unbranched alkanes of at least 4 members (excludes halogenated alkanes) is 27. The summed E-state index contributed by atoms with van der Waals surface area (Å²) in [6, 6.07) is 0. The third-order valence-electron chi connectivity index (χ3n) is 15.8. The van der Waals surface area contributed by atoms with Crippen LogP contribution >= 0.6 is 20.5 Å². The predicted molar refractivity (Wildman–Crippen MR) is 323 cm³/mol. The number of hydrogen-bond acceptors (Lipinski definition) is 7. The molecule has 0 aromatic rings. The zero-order valence-corrected chi connectivity index (χ0v) is 53.6. The average Bonchev–Trinajstić information content (AvgIpc) is 3.29. The maximum absolute atomic E-state index is 14.6. The molecule has 0 bridgehead atoms. The predicted octanol–water partition coefficient (Wildman–Crippen LogP) is 20.6. The van der Waals surface area contributed by atoms with Gasteiger partial charge in [0.25, 0.3) is 0 Å². The Labute approximate surface area is 441 Å². The van der Waals surface area contributed by atoms with Crippen molar-refractivity contribution in [3.63, 3.8) is 0 Å². The Morgan fingerprint density at radius 2 is 0.400 bits per heavy atom. The first-order valence-electron chi connectivity index (χ1n) is 30.4. The van der Waals surface area contributed by atoms with Crippen molar-refractivity contribution in [1.29, 1.82) is 0 Å². The molecule has 0 unspecified atom stereocenters. The summed E-state index contributed by atoms with van der Waals surface area (Å²) in [4.78, 5) is 0. The molecule has 0 fully saturated rings. The molecule has 430 valence electrons. The first-order valence-corrected chi connectivity index (χ1v) is 42.6. The van der Waals surface area contributed by atoms with E-state index in [4.69, 9.17) is 11.9 Å². The van der Waals surface area contributed by atoms with Gasteiger partial charge in [0, 0.05) is 0 Å². The van der Waals surface area contributed by atoms with E-state index in [-0.39, 0.29) is 0 Å². The van der Waals surface area contributed by atoms with Crippen molar-refractivity contribution in [2.24, 2.45) is 0 Å².